The van der Waals surface area contributed by atoms with Crippen LogP contribution in [0.3, 0.4) is 0 Å². The molecule has 0 bridgehead atoms. The Balaban J connectivity index is 2.34. The second-order valence-corrected chi connectivity index (χ2v) is 10.8. The van der Waals surface area contributed by atoms with E-state index < -0.39 is 34.5 Å². The van der Waals surface area contributed by atoms with Gasteiger partial charge in [-0.25, -0.2) is 0 Å². The van der Waals surface area contributed by atoms with E-state index in [1.165, 1.54) is 0 Å². The lowest BCUT2D eigenvalue weighted by molar-refractivity contribution is -0.304. The van der Waals surface area contributed by atoms with Gasteiger partial charge in [-0.3, -0.25) is 19.2 Å². The van der Waals surface area contributed by atoms with Crippen molar-refractivity contribution in [3.63, 3.8) is 0 Å². The van der Waals surface area contributed by atoms with Crippen molar-refractivity contribution in [1.82, 2.24) is 15.5 Å². The molecule has 0 aliphatic carbocycles. The highest BCUT2D eigenvalue weighted by molar-refractivity contribution is 8.00. The van der Waals surface area contributed by atoms with E-state index >= 15 is 0 Å². The second kappa shape index (κ2) is 13.9. The summed E-state index contributed by atoms with van der Waals surface area (Å²) in [5, 5.41) is 13.6. The van der Waals surface area contributed by atoms with E-state index in [1.54, 1.807) is 13.8 Å². The molecule has 12 heteroatoms. The molecule has 34 heavy (non-hydrogen) atoms. The van der Waals surface area contributed by atoms with Gasteiger partial charge in [-0.1, -0.05) is 13.8 Å². The molecule has 1 saturated heterocycles. The second-order valence-electron chi connectivity index (χ2n) is 9.49. The molecule has 1 fully saturated rings. The molecular formula is C22H39N3O8S. The number of ether oxygens (including phenoxy) is 3. The van der Waals surface area contributed by atoms with Crippen molar-refractivity contribution in [3.05, 3.63) is 0 Å². The summed E-state index contributed by atoms with van der Waals surface area (Å²) in [6, 6.07) is 0. The van der Waals surface area contributed by atoms with Crippen LogP contribution in [0.25, 0.3) is 0 Å². The van der Waals surface area contributed by atoms with Crippen LogP contribution in [-0.4, -0.2) is 104 Å². The predicted octanol–water partition coefficient (Wildman–Crippen LogP) is 0.468. The summed E-state index contributed by atoms with van der Waals surface area (Å²) in [4.78, 5) is 49.7. The Morgan fingerprint density at radius 1 is 1.15 bits per heavy atom. The van der Waals surface area contributed by atoms with Crippen LogP contribution in [0.2, 0.25) is 0 Å². The highest BCUT2D eigenvalue weighted by Crippen LogP contribution is 2.34. The number of carboxylic acids is 1. The quantitative estimate of drug-likeness (QED) is 0.225. The molecule has 1 unspecified atom stereocenters. The Bertz CT molecular complexity index is 714. The van der Waals surface area contributed by atoms with Crippen LogP contribution in [0.15, 0.2) is 0 Å². The fourth-order valence-corrected chi connectivity index (χ4v) is 3.95. The summed E-state index contributed by atoms with van der Waals surface area (Å²) in [5.74, 6) is -2.75. The fraction of sp³-hybridized carbons (Fsp3) is 0.818. The van der Waals surface area contributed by atoms with Gasteiger partial charge < -0.3 is 34.9 Å². The number of carbonyl (C=O) groups excluding carboxylic acids is 3. The molecule has 2 atom stereocenters. The van der Waals surface area contributed by atoms with Gasteiger partial charge in [-0.15, -0.1) is 11.8 Å². The minimum Gasteiger partial charge on any atom is -0.481 e. The van der Waals surface area contributed by atoms with Crippen LogP contribution in [0, 0.1) is 5.41 Å². The lowest BCUT2D eigenvalue weighted by atomic mass is 9.85. The van der Waals surface area contributed by atoms with Crippen LogP contribution < -0.4 is 10.6 Å². The molecule has 0 aromatic carbocycles. The first-order chi connectivity index (χ1) is 15.7. The third kappa shape index (κ3) is 11.5. The van der Waals surface area contributed by atoms with E-state index in [0.29, 0.717) is 18.9 Å². The van der Waals surface area contributed by atoms with E-state index in [2.05, 4.69) is 10.6 Å². The van der Waals surface area contributed by atoms with Crippen LogP contribution in [-0.2, 0) is 33.4 Å². The Kier molecular flexibility index (Phi) is 12.3. The maximum atomic E-state index is 12.6. The van der Waals surface area contributed by atoms with Gasteiger partial charge in [0.25, 0.3) is 0 Å². The van der Waals surface area contributed by atoms with Crippen molar-refractivity contribution in [2.75, 3.05) is 52.7 Å². The lowest BCUT2D eigenvalue weighted by Gasteiger charge is -2.44. The molecule has 1 aliphatic rings. The largest absolute Gasteiger partial charge is 0.481 e. The van der Waals surface area contributed by atoms with Crippen LogP contribution in [0.5, 0.6) is 0 Å². The zero-order valence-corrected chi connectivity index (χ0v) is 21.8. The molecule has 0 saturated carbocycles. The average Bonchev–Trinajstić information content (AvgIpc) is 2.71. The molecule has 0 aromatic rings. The molecule has 11 nitrogen and oxygen atoms in total. The van der Waals surface area contributed by atoms with Gasteiger partial charge in [0.1, 0.15) is 18.0 Å². The zero-order valence-electron chi connectivity index (χ0n) is 21.0. The highest BCUT2D eigenvalue weighted by Gasteiger charge is 2.45. The molecule has 1 rings (SSSR count). The topological polar surface area (TPSA) is 143 Å². The van der Waals surface area contributed by atoms with Gasteiger partial charge in [0.05, 0.1) is 13.0 Å². The van der Waals surface area contributed by atoms with Gasteiger partial charge in [-0.2, -0.15) is 0 Å². The summed E-state index contributed by atoms with van der Waals surface area (Å²) in [6.45, 7) is 8.76. The van der Waals surface area contributed by atoms with E-state index in [0.717, 1.165) is 11.8 Å². The molecule has 0 aromatic heterocycles. The Labute approximate surface area is 205 Å². The molecule has 1 heterocycles. The summed E-state index contributed by atoms with van der Waals surface area (Å²) >= 11 is 1.12. The first-order valence-corrected chi connectivity index (χ1v) is 12.3. The van der Waals surface area contributed by atoms with E-state index in [9.17, 15) is 19.2 Å². The monoisotopic (exact) mass is 505 g/mol. The maximum Gasteiger partial charge on any atom is 0.319 e. The average molecular weight is 506 g/mol. The zero-order chi connectivity index (χ0) is 25.9. The fourth-order valence-electron chi connectivity index (χ4n) is 2.98. The number of rotatable bonds is 14. The normalized spacial score (nSPS) is 19.8. The number of esters is 1. The lowest BCUT2D eigenvalue weighted by Crippen LogP contribution is -2.56. The van der Waals surface area contributed by atoms with Gasteiger partial charge >= 0.3 is 11.9 Å². The number of carbonyl (C=O) groups is 4. The molecule has 196 valence electrons. The number of likely N-dealkylation sites (N-methyl/N-ethyl adjacent to an activating group) is 1. The predicted molar refractivity (Wildman–Crippen MR) is 127 cm³/mol. The number of carboxylic acid groups (broad SMARTS) is 1. The van der Waals surface area contributed by atoms with Crippen molar-refractivity contribution in [3.8, 4) is 0 Å². The van der Waals surface area contributed by atoms with Crippen molar-refractivity contribution < 1.29 is 38.5 Å². The molecule has 0 spiro atoms. The Hall–Kier alpha value is -1.89. The number of thioether (sulfide) groups is 1. The highest BCUT2D eigenvalue weighted by atomic mass is 32.2. The van der Waals surface area contributed by atoms with E-state index in [4.69, 9.17) is 19.3 Å². The van der Waals surface area contributed by atoms with Gasteiger partial charge in [0.15, 0.2) is 5.79 Å². The number of aliphatic carboxylic acids is 1. The van der Waals surface area contributed by atoms with Crippen LogP contribution >= 0.6 is 11.8 Å². The minimum atomic E-state index is -1.10. The molecule has 0 radical (unpaired) electrons. The number of hydrogen-bond donors (Lipinski definition) is 3. The summed E-state index contributed by atoms with van der Waals surface area (Å²) in [6.07, 6.45) is -0.971. The van der Waals surface area contributed by atoms with Gasteiger partial charge in [-0.05, 0) is 27.9 Å². The smallest absolute Gasteiger partial charge is 0.319 e. The van der Waals surface area contributed by atoms with Crippen LogP contribution in [0.4, 0.5) is 0 Å². The molecule has 1 aliphatic heterocycles. The first-order valence-electron chi connectivity index (χ1n) is 11.2. The Morgan fingerprint density at radius 2 is 1.82 bits per heavy atom. The van der Waals surface area contributed by atoms with E-state index in [-0.39, 0.29) is 44.4 Å². The molecular weight excluding hydrogens is 466 g/mol. The third-order valence-corrected chi connectivity index (χ3v) is 6.14. The van der Waals surface area contributed by atoms with Crippen LogP contribution in [0.1, 0.15) is 40.5 Å². The van der Waals surface area contributed by atoms with Crippen molar-refractivity contribution in [2.24, 2.45) is 5.41 Å². The molecule has 3 N–H and O–H groups in total. The number of nitrogens with zero attached hydrogens (tertiary/aromatic N) is 1. The Morgan fingerprint density at radius 3 is 2.44 bits per heavy atom. The summed E-state index contributed by atoms with van der Waals surface area (Å²) < 4.78 is 16.5. The number of amides is 2. The van der Waals surface area contributed by atoms with Crippen molar-refractivity contribution in [2.45, 2.75) is 57.7 Å². The standard InChI is InChI=1S/C22H39N3O8S/c1-21(2)14-32-22(3,4)33-18(21)19(29)24-8-7-16(26)23-9-12-34-15(13-17(27)28)20(30)31-11-10-25(5)6/h15,18H,7-14H2,1-6H3,(H,23,26)(H,24,29)(H,27,28)/t15?,18-/m0/s1. The van der Waals surface area contributed by atoms with E-state index in [1.807, 2.05) is 32.8 Å². The van der Waals surface area contributed by atoms with Crippen molar-refractivity contribution in [1.29, 1.82) is 0 Å². The number of hydrogen-bond acceptors (Lipinski definition) is 9. The summed E-state index contributed by atoms with van der Waals surface area (Å²) in [5.41, 5.74) is -0.501. The first kappa shape index (κ1) is 30.1. The third-order valence-electron chi connectivity index (χ3n) is 4.94. The van der Waals surface area contributed by atoms with Gasteiger partial charge in [0, 0.05) is 37.2 Å². The SMILES string of the molecule is CN(C)CCOC(=O)C(CC(=O)O)SCCNC(=O)CCNC(=O)[C@@H]1OC(C)(C)OCC1(C)C. The van der Waals surface area contributed by atoms with Gasteiger partial charge in [0.2, 0.25) is 11.8 Å². The minimum absolute atomic E-state index is 0.0780. The van der Waals surface area contributed by atoms with Crippen molar-refractivity contribution >= 4 is 35.5 Å². The maximum absolute atomic E-state index is 12.6. The summed E-state index contributed by atoms with van der Waals surface area (Å²) in [7, 11) is 3.68. The molecule has 2 amide bonds. The number of nitrogens with one attached hydrogen (secondary N) is 2.